The average Bonchev–Trinajstić information content (AvgIpc) is 3.61. The van der Waals surface area contributed by atoms with Gasteiger partial charge < -0.3 is 40.7 Å². The Kier molecular flexibility index (Phi) is 17.7. The summed E-state index contributed by atoms with van der Waals surface area (Å²) in [5, 5.41) is 60.1. The van der Waals surface area contributed by atoms with E-state index in [-0.39, 0.29) is 90.4 Å². The molecule has 55 heavy (non-hydrogen) atoms. The summed E-state index contributed by atoms with van der Waals surface area (Å²) in [6, 6.07) is 3.81. The van der Waals surface area contributed by atoms with Gasteiger partial charge in [0.2, 0.25) is 11.8 Å². The lowest BCUT2D eigenvalue weighted by atomic mass is 9.78. The quantitative estimate of drug-likeness (QED) is 0.0561. The molecule has 0 saturated carbocycles. The number of benzene rings is 1. The van der Waals surface area contributed by atoms with Crippen molar-refractivity contribution in [3.05, 3.63) is 29.8 Å². The van der Waals surface area contributed by atoms with Crippen molar-refractivity contribution in [1.29, 1.82) is 0 Å². The maximum atomic E-state index is 12.8. The Labute approximate surface area is 317 Å². The number of carbonyl (C=O) groups is 7. The fraction of sp³-hybridized carbons (Fsp3) is 0.606. The monoisotopic (exact) mass is 778 g/mol. The largest absolute Gasteiger partial charge is 0.480 e. The zero-order chi connectivity index (χ0) is 40.7. The molecule has 304 valence electrons. The Bertz CT molecular complexity index is 1470. The number of likely N-dealkylation sites (tertiary alicyclic amines) is 1. The molecular weight excluding hydrogens is 727 g/mol. The molecule has 3 atom stereocenters. The lowest BCUT2D eigenvalue weighted by Gasteiger charge is -2.35. The lowest BCUT2D eigenvalue weighted by Crippen LogP contribution is -2.52. The van der Waals surface area contributed by atoms with Crippen LogP contribution in [0.5, 0.6) is 0 Å². The minimum absolute atomic E-state index is 0.0708. The van der Waals surface area contributed by atoms with E-state index in [4.69, 9.17) is 0 Å². The third-order valence-corrected chi connectivity index (χ3v) is 9.46. The first-order chi connectivity index (χ1) is 26.0. The van der Waals surface area contributed by atoms with Gasteiger partial charge in [0, 0.05) is 70.9 Å². The molecule has 1 aromatic rings. The molecule has 21 nitrogen and oxygen atoms in total. The molecular formula is C33H51BN8O13. The molecule has 0 radical (unpaired) electrons. The van der Waals surface area contributed by atoms with Crippen LogP contribution in [0.1, 0.15) is 43.0 Å². The second kappa shape index (κ2) is 21.9. The van der Waals surface area contributed by atoms with Gasteiger partial charge >= 0.3 is 31.0 Å². The van der Waals surface area contributed by atoms with Gasteiger partial charge in [-0.15, -0.1) is 0 Å². The van der Waals surface area contributed by atoms with E-state index >= 15 is 0 Å². The molecule has 0 aromatic heterocycles. The van der Waals surface area contributed by atoms with E-state index in [1.54, 1.807) is 19.6 Å². The molecule has 2 aliphatic heterocycles. The van der Waals surface area contributed by atoms with Crippen molar-refractivity contribution in [2.75, 3.05) is 84.0 Å². The van der Waals surface area contributed by atoms with E-state index in [9.17, 15) is 64.0 Å². The summed E-state index contributed by atoms with van der Waals surface area (Å²) in [7, 11) is -1.68. The van der Waals surface area contributed by atoms with Crippen molar-refractivity contribution in [3.63, 3.8) is 0 Å². The molecule has 2 aliphatic rings. The van der Waals surface area contributed by atoms with Crippen LogP contribution in [0, 0.1) is 0 Å². The minimum atomic E-state index is -1.68. The van der Waals surface area contributed by atoms with Gasteiger partial charge in [0.05, 0.1) is 31.3 Å². The van der Waals surface area contributed by atoms with Gasteiger partial charge in [0.15, 0.2) is 0 Å². The first-order valence-electron chi connectivity index (χ1n) is 18.0. The number of nitrogens with zero attached hydrogens (tertiary/aromatic N) is 5. The number of nitrogens with one attached hydrogen (secondary N) is 3. The molecule has 0 bridgehead atoms. The van der Waals surface area contributed by atoms with Crippen molar-refractivity contribution >= 4 is 54.4 Å². The highest BCUT2D eigenvalue weighted by atomic mass is 16.4. The number of anilines is 1. The number of carbonyl (C=O) groups excluding carboxylic acids is 3. The second-order valence-corrected chi connectivity index (χ2v) is 13.5. The molecule has 9 N–H and O–H groups in total. The molecule has 1 aromatic carbocycles. The number of hydrogen-bond donors (Lipinski definition) is 9. The molecule has 22 heteroatoms. The molecule has 3 amide bonds. The summed E-state index contributed by atoms with van der Waals surface area (Å²) in [5.74, 6) is -6.83. The fourth-order valence-electron chi connectivity index (χ4n) is 6.52. The Hall–Kier alpha value is -4.87. The Balaban J connectivity index is 1.59. The van der Waals surface area contributed by atoms with Crippen molar-refractivity contribution in [2.24, 2.45) is 0 Å². The molecule has 3 rings (SSSR count). The highest BCUT2D eigenvalue weighted by molar-refractivity contribution is 6.43. The van der Waals surface area contributed by atoms with Gasteiger partial charge in [-0.1, -0.05) is 0 Å². The number of amides is 3. The predicted molar refractivity (Wildman–Crippen MR) is 195 cm³/mol. The molecule has 2 fully saturated rings. The summed E-state index contributed by atoms with van der Waals surface area (Å²) >= 11 is 0. The standard InChI is InChI=1S/C33H51BN8O13/c1-22(32(51)42-10-2-3-26(42)34(54)55)35-31(50)23-4-6-24(7-5-23)36-37-27(43)9-8-25(33(52)53)41-17-15-39(20-29(46)47)13-11-38(19-28(44)45)12-14-40(16-18-41)21-30(48)49/h4-7,22,25-26,36,54-55H,2-3,8-21H2,1H3,(H,35,50)(H,37,43)(H,44,45)(H,46,47)(H,48,49)(H,52,53)/t22-,25?,26+/m1/s1. The SMILES string of the molecule is C[C@@H](NC(=O)c1ccc(NNC(=O)CCC(C(=O)O)N2CCN(CC(=O)O)CCN(CC(=O)O)CCN(CC(=O)O)CC2)cc1)C(=O)N1CCC[C@H]1B(O)O. The number of aliphatic carboxylic acids is 4. The minimum Gasteiger partial charge on any atom is -0.480 e. The third-order valence-electron chi connectivity index (χ3n) is 9.46. The van der Waals surface area contributed by atoms with E-state index in [2.05, 4.69) is 16.2 Å². The van der Waals surface area contributed by atoms with E-state index < -0.39 is 66.7 Å². The maximum absolute atomic E-state index is 12.8. The van der Waals surface area contributed by atoms with Crippen LogP contribution in [0.15, 0.2) is 24.3 Å². The van der Waals surface area contributed by atoms with Crippen LogP contribution in [0.2, 0.25) is 0 Å². The van der Waals surface area contributed by atoms with Crippen molar-refractivity contribution in [2.45, 2.75) is 50.6 Å². The topological polar surface area (TPSA) is 293 Å². The first-order valence-corrected chi connectivity index (χ1v) is 18.0. The van der Waals surface area contributed by atoms with Gasteiger partial charge in [-0.05, 0) is 50.5 Å². The van der Waals surface area contributed by atoms with Gasteiger partial charge in [-0.3, -0.25) is 64.0 Å². The van der Waals surface area contributed by atoms with Crippen LogP contribution >= 0.6 is 0 Å². The average molecular weight is 779 g/mol. The van der Waals surface area contributed by atoms with Gasteiger partial charge in [0.1, 0.15) is 12.1 Å². The second-order valence-electron chi connectivity index (χ2n) is 13.5. The normalized spacial score (nSPS) is 19.3. The summed E-state index contributed by atoms with van der Waals surface area (Å²) in [5.41, 5.74) is 5.79. The van der Waals surface area contributed by atoms with Crippen molar-refractivity contribution in [1.82, 2.24) is 35.2 Å². The van der Waals surface area contributed by atoms with Crippen LogP contribution in [0.25, 0.3) is 0 Å². The Morgan fingerprint density at radius 1 is 0.745 bits per heavy atom. The van der Waals surface area contributed by atoms with Crippen LogP contribution < -0.4 is 16.2 Å². The summed E-state index contributed by atoms with van der Waals surface area (Å²) in [6.07, 6.45) is 0.677. The summed E-state index contributed by atoms with van der Waals surface area (Å²) in [6.45, 7) is 1.85. The van der Waals surface area contributed by atoms with Crippen LogP contribution in [-0.4, -0.2) is 200 Å². The maximum Gasteiger partial charge on any atom is 0.475 e. The van der Waals surface area contributed by atoms with Gasteiger partial charge in [-0.25, -0.2) is 0 Å². The van der Waals surface area contributed by atoms with E-state index in [0.717, 1.165) is 0 Å². The van der Waals surface area contributed by atoms with Crippen LogP contribution in [0.3, 0.4) is 0 Å². The predicted octanol–water partition coefficient (Wildman–Crippen LogP) is -3.04. The molecule has 2 heterocycles. The van der Waals surface area contributed by atoms with E-state index in [1.807, 2.05) is 0 Å². The molecule has 0 spiro atoms. The van der Waals surface area contributed by atoms with Gasteiger partial charge in [-0.2, -0.15) is 0 Å². The third kappa shape index (κ3) is 15.1. The molecule has 2 saturated heterocycles. The Morgan fingerprint density at radius 3 is 1.69 bits per heavy atom. The summed E-state index contributed by atoms with van der Waals surface area (Å²) in [4.78, 5) is 93.1. The van der Waals surface area contributed by atoms with Crippen molar-refractivity contribution in [3.8, 4) is 0 Å². The van der Waals surface area contributed by atoms with Crippen molar-refractivity contribution < 1.29 is 64.0 Å². The molecule has 1 unspecified atom stereocenters. The van der Waals surface area contributed by atoms with E-state index in [0.29, 0.717) is 25.1 Å². The number of carboxylic acid groups (broad SMARTS) is 4. The zero-order valence-corrected chi connectivity index (χ0v) is 30.7. The number of hydrazine groups is 1. The first kappa shape index (κ1) is 44.5. The number of carboxylic acids is 4. The highest BCUT2D eigenvalue weighted by Gasteiger charge is 2.38. The number of rotatable bonds is 17. The lowest BCUT2D eigenvalue weighted by molar-refractivity contribution is -0.145. The van der Waals surface area contributed by atoms with E-state index in [1.165, 1.54) is 36.1 Å². The van der Waals surface area contributed by atoms with Gasteiger partial charge in [0.25, 0.3) is 5.91 Å². The zero-order valence-electron chi connectivity index (χ0n) is 30.7. The summed E-state index contributed by atoms with van der Waals surface area (Å²) < 4.78 is 0. The van der Waals surface area contributed by atoms with Crippen LogP contribution in [0.4, 0.5) is 5.69 Å². The Morgan fingerprint density at radius 2 is 1.24 bits per heavy atom. The van der Waals surface area contributed by atoms with Crippen LogP contribution in [-0.2, 0) is 28.8 Å². The molecule has 0 aliphatic carbocycles. The smallest absolute Gasteiger partial charge is 0.475 e. The number of hydrogen-bond acceptors (Lipinski definition) is 14. The fourth-order valence-corrected chi connectivity index (χ4v) is 6.52. The highest BCUT2D eigenvalue weighted by Crippen LogP contribution is 2.19.